The predicted molar refractivity (Wildman–Crippen MR) is 78.6 cm³/mol. The molecule has 0 bridgehead atoms. The van der Waals surface area contributed by atoms with E-state index in [9.17, 15) is 4.79 Å². The third-order valence-electron chi connectivity index (χ3n) is 3.48. The van der Waals surface area contributed by atoms with E-state index >= 15 is 0 Å². The summed E-state index contributed by atoms with van der Waals surface area (Å²) in [6.07, 6.45) is 8.10. The Kier molecular flexibility index (Phi) is 4.58. The van der Waals surface area contributed by atoms with E-state index in [2.05, 4.69) is 43.0 Å². The van der Waals surface area contributed by atoms with Gasteiger partial charge in [-0.05, 0) is 30.9 Å². The second-order valence-electron chi connectivity index (χ2n) is 5.17. The normalized spacial score (nSPS) is 21.8. The topological polar surface area (TPSA) is 17.1 Å². The molecule has 98 valence electrons. The lowest BCUT2D eigenvalue weighted by Gasteiger charge is -2.27. The molecule has 1 aromatic rings. The summed E-state index contributed by atoms with van der Waals surface area (Å²) in [6.45, 7) is 2.14. The van der Waals surface area contributed by atoms with E-state index in [4.69, 9.17) is 0 Å². The highest BCUT2D eigenvalue weighted by atomic mass is 16.1. The first-order valence-electron chi connectivity index (χ1n) is 7.00. The summed E-state index contributed by atoms with van der Waals surface area (Å²) < 4.78 is 0. The standard InChI is InChI=1S/C18H20O/c1-2-3-7-12-18(13-10-17(19)11-14-18)15-16-8-5-4-6-9-16/h4-6,8-10,13H,2-3,11,14-15H2,1H3. The van der Waals surface area contributed by atoms with Crippen molar-refractivity contribution in [3.8, 4) is 11.8 Å². The summed E-state index contributed by atoms with van der Waals surface area (Å²) in [5, 5.41) is 0. The van der Waals surface area contributed by atoms with E-state index < -0.39 is 0 Å². The largest absolute Gasteiger partial charge is 0.295 e. The van der Waals surface area contributed by atoms with Crippen LogP contribution in [0.1, 0.15) is 38.2 Å². The van der Waals surface area contributed by atoms with Gasteiger partial charge in [0.2, 0.25) is 0 Å². The number of benzene rings is 1. The van der Waals surface area contributed by atoms with E-state index in [1.165, 1.54) is 5.56 Å². The van der Waals surface area contributed by atoms with Crippen LogP contribution in [0.15, 0.2) is 42.5 Å². The first-order chi connectivity index (χ1) is 9.24. The molecule has 1 aliphatic carbocycles. The molecule has 0 radical (unpaired) electrons. The van der Waals surface area contributed by atoms with Gasteiger partial charge in [0.25, 0.3) is 0 Å². The van der Waals surface area contributed by atoms with Crippen LogP contribution in [0.25, 0.3) is 0 Å². The summed E-state index contributed by atoms with van der Waals surface area (Å²) in [6, 6.07) is 10.4. The van der Waals surface area contributed by atoms with Crippen molar-refractivity contribution >= 4 is 5.78 Å². The molecule has 0 aromatic heterocycles. The molecule has 2 rings (SSSR count). The molecule has 1 aromatic carbocycles. The van der Waals surface area contributed by atoms with Crippen LogP contribution in [0.3, 0.4) is 0 Å². The number of rotatable bonds is 3. The van der Waals surface area contributed by atoms with Gasteiger partial charge in [0.05, 0.1) is 5.41 Å². The Morgan fingerprint density at radius 1 is 1.26 bits per heavy atom. The van der Waals surface area contributed by atoms with Crippen molar-refractivity contribution in [1.82, 2.24) is 0 Å². The Labute approximate surface area is 115 Å². The van der Waals surface area contributed by atoms with Gasteiger partial charge in [-0.25, -0.2) is 0 Å². The van der Waals surface area contributed by atoms with Gasteiger partial charge in [-0.3, -0.25) is 4.79 Å². The molecule has 19 heavy (non-hydrogen) atoms. The minimum Gasteiger partial charge on any atom is -0.295 e. The highest BCUT2D eigenvalue weighted by Crippen LogP contribution is 2.33. The van der Waals surface area contributed by atoms with Crippen molar-refractivity contribution < 1.29 is 4.79 Å². The molecule has 1 nitrogen and oxygen atoms in total. The number of carbonyl (C=O) groups is 1. The smallest absolute Gasteiger partial charge is 0.155 e. The number of hydrogen-bond donors (Lipinski definition) is 0. The van der Waals surface area contributed by atoms with Crippen molar-refractivity contribution in [2.75, 3.05) is 0 Å². The fourth-order valence-corrected chi connectivity index (χ4v) is 2.38. The number of ketones is 1. The maximum Gasteiger partial charge on any atom is 0.155 e. The molecule has 1 atom stereocenters. The summed E-state index contributed by atoms with van der Waals surface area (Å²) in [7, 11) is 0. The quantitative estimate of drug-likeness (QED) is 0.745. The van der Waals surface area contributed by atoms with Crippen LogP contribution in [0.2, 0.25) is 0 Å². The third-order valence-corrected chi connectivity index (χ3v) is 3.48. The molecule has 0 amide bonds. The summed E-state index contributed by atoms with van der Waals surface area (Å²) in [4.78, 5) is 11.4. The van der Waals surface area contributed by atoms with Crippen molar-refractivity contribution in [3.05, 3.63) is 48.0 Å². The van der Waals surface area contributed by atoms with Crippen molar-refractivity contribution in [2.24, 2.45) is 5.41 Å². The Morgan fingerprint density at radius 2 is 2.05 bits per heavy atom. The molecule has 0 N–H and O–H groups in total. The Bertz CT molecular complexity index is 516. The zero-order valence-corrected chi connectivity index (χ0v) is 11.5. The Balaban J connectivity index is 2.23. The number of unbranched alkanes of at least 4 members (excludes halogenated alkanes) is 1. The molecule has 0 fully saturated rings. The highest BCUT2D eigenvalue weighted by Gasteiger charge is 2.29. The second-order valence-corrected chi connectivity index (χ2v) is 5.17. The van der Waals surface area contributed by atoms with Crippen LogP contribution in [0, 0.1) is 17.3 Å². The summed E-state index contributed by atoms with van der Waals surface area (Å²) in [5.41, 5.74) is 1.14. The van der Waals surface area contributed by atoms with Crippen LogP contribution in [-0.4, -0.2) is 5.78 Å². The molecular weight excluding hydrogens is 232 g/mol. The van der Waals surface area contributed by atoms with Gasteiger partial charge < -0.3 is 0 Å². The fraction of sp³-hybridized carbons (Fsp3) is 0.389. The summed E-state index contributed by atoms with van der Waals surface area (Å²) in [5.74, 6) is 6.91. The van der Waals surface area contributed by atoms with E-state index in [-0.39, 0.29) is 11.2 Å². The molecule has 0 spiro atoms. The zero-order valence-electron chi connectivity index (χ0n) is 11.5. The van der Waals surface area contributed by atoms with Crippen LogP contribution in [-0.2, 0) is 11.2 Å². The van der Waals surface area contributed by atoms with Gasteiger partial charge in [0.15, 0.2) is 5.78 Å². The number of allylic oxidation sites excluding steroid dienone is 2. The highest BCUT2D eigenvalue weighted by molar-refractivity contribution is 5.90. The first-order valence-corrected chi connectivity index (χ1v) is 7.00. The van der Waals surface area contributed by atoms with Gasteiger partial charge in [0.1, 0.15) is 0 Å². The molecule has 0 saturated carbocycles. The van der Waals surface area contributed by atoms with Crippen LogP contribution in [0.5, 0.6) is 0 Å². The van der Waals surface area contributed by atoms with Gasteiger partial charge in [-0.2, -0.15) is 0 Å². The third kappa shape index (κ3) is 3.83. The molecule has 0 saturated heterocycles. The fourth-order valence-electron chi connectivity index (χ4n) is 2.38. The summed E-state index contributed by atoms with van der Waals surface area (Å²) >= 11 is 0. The van der Waals surface area contributed by atoms with E-state index in [0.717, 1.165) is 25.7 Å². The molecule has 0 heterocycles. The lowest BCUT2D eigenvalue weighted by molar-refractivity contribution is -0.115. The average molecular weight is 252 g/mol. The number of carbonyl (C=O) groups excluding carboxylic acids is 1. The maximum absolute atomic E-state index is 11.4. The van der Waals surface area contributed by atoms with Gasteiger partial charge >= 0.3 is 0 Å². The SMILES string of the molecule is CCCC#CC1(Cc2ccccc2)C=CC(=O)CC1. The van der Waals surface area contributed by atoms with E-state index in [1.807, 2.05) is 12.1 Å². The molecule has 1 unspecified atom stereocenters. The van der Waals surface area contributed by atoms with Crippen LogP contribution in [0.4, 0.5) is 0 Å². The zero-order chi connectivity index (χ0) is 13.6. The van der Waals surface area contributed by atoms with Crippen LogP contribution < -0.4 is 0 Å². The Hall–Kier alpha value is -1.81. The van der Waals surface area contributed by atoms with Crippen LogP contribution >= 0.6 is 0 Å². The van der Waals surface area contributed by atoms with Crippen molar-refractivity contribution in [1.29, 1.82) is 0 Å². The average Bonchev–Trinajstić information content (AvgIpc) is 2.44. The Morgan fingerprint density at radius 3 is 2.68 bits per heavy atom. The van der Waals surface area contributed by atoms with Crippen molar-refractivity contribution in [2.45, 2.75) is 39.0 Å². The maximum atomic E-state index is 11.4. The van der Waals surface area contributed by atoms with Gasteiger partial charge in [-0.15, -0.1) is 5.92 Å². The van der Waals surface area contributed by atoms with E-state index in [1.54, 1.807) is 6.08 Å². The lowest BCUT2D eigenvalue weighted by atomic mass is 9.74. The van der Waals surface area contributed by atoms with E-state index in [0.29, 0.717) is 6.42 Å². The van der Waals surface area contributed by atoms with Gasteiger partial charge in [-0.1, -0.05) is 49.3 Å². The molecule has 1 aliphatic rings. The van der Waals surface area contributed by atoms with Gasteiger partial charge in [0, 0.05) is 12.8 Å². The predicted octanol–water partition coefficient (Wildman–Crippen LogP) is 3.94. The molecule has 0 aliphatic heterocycles. The molecular formula is C18H20O. The monoisotopic (exact) mass is 252 g/mol. The lowest BCUT2D eigenvalue weighted by Crippen LogP contribution is -2.24. The number of hydrogen-bond acceptors (Lipinski definition) is 1. The second kappa shape index (κ2) is 6.38. The minimum absolute atomic E-state index is 0.148. The first kappa shape index (κ1) is 13.6. The minimum atomic E-state index is -0.148. The molecule has 1 heteroatoms. The van der Waals surface area contributed by atoms with Crippen molar-refractivity contribution in [3.63, 3.8) is 0 Å².